The Bertz CT molecular complexity index is 739. The highest BCUT2D eigenvalue weighted by Crippen LogP contribution is 2.29. The van der Waals surface area contributed by atoms with Crippen LogP contribution < -0.4 is 0 Å². The maximum absolute atomic E-state index is 13.2. The van der Waals surface area contributed by atoms with Crippen LogP contribution in [0.3, 0.4) is 0 Å². The first-order chi connectivity index (χ1) is 8.66. The molecule has 3 aromatic rings. The minimum atomic E-state index is -0.365. The second-order valence-electron chi connectivity index (χ2n) is 3.84. The van der Waals surface area contributed by atoms with Gasteiger partial charge in [-0.2, -0.15) is 0 Å². The molecule has 0 aliphatic rings. The fourth-order valence-corrected chi connectivity index (χ4v) is 2.13. The van der Waals surface area contributed by atoms with Crippen molar-refractivity contribution in [1.29, 1.82) is 0 Å². The van der Waals surface area contributed by atoms with Crippen molar-refractivity contribution in [3.05, 3.63) is 53.4 Å². The van der Waals surface area contributed by atoms with Crippen LogP contribution in [0.1, 0.15) is 0 Å². The summed E-state index contributed by atoms with van der Waals surface area (Å²) in [7, 11) is 0. The van der Waals surface area contributed by atoms with Gasteiger partial charge in [-0.1, -0.05) is 29.8 Å². The Labute approximate surface area is 107 Å². The van der Waals surface area contributed by atoms with Gasteiger partial charge in [-0.3, -0.25) is 4.40 Å². The van der Waals surface area contributed by atoms with Gasteiger partial charge in [-0.15, -0.1) is 0 Å². The first kappa shape index (κ1) is 11.0. The van der Waals surface area contributed by atoms with Crippen molar-refractivity contribution in [2.45, 2.75) is 0 Å². The summed E-state index contributed by atoms with van der Waals surface area (Å²) >= 11 is 6.00. The largest absolute Gasteiger partial charge is 0.494 e. The highest BCUT2D eigenvalue weighted by Gasteiger charge is 2.13. The number of fused-ring (bicyclic) bond motifs is 1. The maximum Gasteiger partial charge on any atom is 0.197 e. The van der Waals surface area contributed by atoms with Crippen molar-refractivity contribution in [3.8, 4) is 17.3 Å². The van der Waals surface area contributed by atoms with Gasteiger partial charge in [-0.05, 0) is 24.3 Å². The summed E-state index contributed by atoms with van der Waals surface area (Å²) < 4.78 is 14.7. The van der Waals surface area contributed by atoms with E-state index < -0.39 is 0 Å². The summed E-state index contributed by atoms with van der Waals surface area (Å²) in [5, 5.41) is 10.1. The molecule has 5 heteroatoms. The zero-order valence-corrected chi connectivity index (χ0v) is 9.89. The van der Waals surface area contributed by atoms with Crippen LogP contribution in [0.15, 0.2) is 42.5 Å². The van der Waals surface area contributed by atoms with Gasteiger partial charge in [-0.25, -0.2) is 9.37 Å². The number of aromatic nitrogens is 2. The Morgan fingerprint density at radius 2 is 1.94 bits per heavy atom. The summed E-state index contributed by atoms with van der Waals surface area (Å²) in [4.78, 5) is 4.16. The minimum Gasteiger partial charge on any atom is -0.494 e. The molecule has 3 rings (SSSR count). The van der Waals surface area contributed by atoms with Crippen molar-refractivity contribution in [3.63, 3.8) is 0 Å². The van der Waals surface area contributed by atoms with Crippen LogP contribution in [0.2, 0.25) is 5.15 Å². The molecule has 0 saturated carbocycles. The molecular formula is C13H8ClFN2O. The number of imidazole rings is 1. The molecule has 0 aliphatic heterocycles. The molecule has 0 bridgehead atoms. The summed E-state index contributed by atoms with van der Waals surface area (Å²) in [6, 6.07) is 10.9. The smallest absolute Gasteiger partial charge is 0.197 e. The Balaban J connectivity index is 2.36. The van der Waals surface area contributed by atoms with Crippen molar-refractivity contribution >= 4 is 17.1 Å². The Morgan fingerprint density at radius 1 is 1.17 bits per heavy atom. The Morgan fingerprint density at radius 3 is 2.72 bits per heavy atom. The number of halogens is 2. The molecule has 1 N–H and O–H groups in total. The van der Waals surface area contributed by atoms with E-state index in [2.05, 4.69) is 4.98 Å². The van der Waals surface area contributed by atoms with Crippen LogP contribution in [0.5, 0.6) is 5.88 Å². The molecular weight excluding hydrogens is 255 g/mol. The molecule has 0 spiro atoms. The number of rotatable bonds is 1. The van der Waals surface area contributed by atoms with E-state index in [1.807, 2.05) is 0 Å². The Kier molecular flexibility index (Phi) is 2.45. The van der Waals surface area contributed by atoms with E-state index in [-0.39, 0.29) is 16.9 Å². The summed E-state index contributed by atoms with van der Waals surface area (Å²) in [5.74, 6) is 0.0505. The fourth-order valence-electron chi connectivity index (χ4n) is 1.90. The number of aromatic hydroxyl groups is 1. The topological polar surface area (TPSA) is 37.5 Å². The lowest BCUT2D eigenvalue weighted by atomic mass is 10.2. The van der Waals surface area contributed by atoms with E-state index in [0.717, 1.165) is 0 Å². The van der Waals surface area contributed by atoms with Crippen LogP contribution in [0.25, 0.3) is 16.9 Å². The number of nitrogens with zero attached hydrogens (tertiary/aromatic N) is 2. The zero-order valence-electron chi connectivity index (χ0n) is 9.14. The van der Waals surface area contributed by atoms with Crippen molar-refractivity contribution in [2.24, 2.45) is 0 Å². The monoisotopic (exact) mass is 262 g/mol. The van der Waals surface area contributed by atoms with Gasteiger partial charge in [0.1, 0.15) is 11.6 Å². The molecule has 90 valence electrons. The molecule has 0 fully saturated rings. The van der Waals surface area contributed by atoms with Crippen LogP contribution >= 0.6 is 11.6 Å². The molecule has 2 aromatic heterocycles. The lowest BCUT2D eigenvalue weighted by Crippen LogP contribution is -1.90. The fraction of sp³-hybridized carbons (Fsp3) is 0. The van der Waals surface area contributed by atoms with E-state index in [0.29, 0.717) is 16.9 Å². The van der Waals surface area contributed by atoms with E-state index in [1.54, 1.807) is 24.3 Å². The first-order valence-electron chi connectivity index (χ1n) is 5.28. The summed E-state index contributed by atoms with van der Waals surface area (Å²) in [6.45, 7) is 0. The molecule has 18 heavy (non-hydrogen) atoms. The van der Waals surface area contributed by atoms with Crippen molar-refractivity contribution in [2.75, 3.05) is 0 Å². The molecule has 0 saturated heterocycles. The second kappa shape index (κ2) is 3.99. The van der Waals surface area contributed by atoms with E-state index in [1.165, 1.54) is 22.6 Å². The molecule has 0 aliphatic carbocycles. The van der Waals surface area contributed by atoms with Gasteiger partial charge in [0.05, 0.1) is 5.52 Å². The molecule has 0 atom stereocenters. The highest BCUT2D eigenvalue weighted by molar-refractivity contribution is 6.32. The van der Waals surface area contributed by atoms with E-state index >= 15 is 0 Å². The lowest BCUT2D eigenvalue weighted by Gasteiger charge is -2.03. The van der Waals surface area contributed by atoms with Gasteiger partial charge in [0.15, 0.2) is 11.0 Å². The quantitative estimate of drug-likeness (QED) is 0.729. The summed E-state index contributed by atoms with van der Waals surface area (Å²) in [5.41, 5.74) is 1.13. The molecule has 0 radical (unpaired) electrons. The number of hydrogen-bond donors (Lipinski definition) is 1. The molecule has 3 nitrogen and oxygen atoms in total. The normalized spacial score (nSPS) is 11.0. The molecule has 1 aromatic carbocycles. The number of benzene rings is 1. The van der Waals surface area contributed by atoms with Crippen molar-refractivity contribution in [1.82, 2.24) is 9.38 Å². The van der Waals surface area contributed by atoms with Gasteiger partial charge >= 0.3 is 0 Å². The van der Waals surface area contributed by atoms with Crippen LogP contribution in [0.4, 0.5) is 4.39 Å². The van der Waals surface area contributed by atoms with Crippen LogP contribution in [-0.2, 0) is 0 Å². The lowest BCUT2D eigenvalue weighted by molar-refractivity contribution is 0.447. The zero-order chi connectivity index (χ0) is 12.7. The van der Waals surface area contributed by atoms with Crippen molar-refractivity contribution < 1.29 is 9.50 Å². The van der Waals surface area contributed by atoms with Gasteiger partial charge < -0.3 is 5.11 Å². The third-order valence-electron chi connectivity index (χ3n) is 2.68. The van der Waals surface area contributed by atoms with Crippen LogP contribution in [-0.4, -0.2) is 14.5 Å². The van der Waals surface area contributed by atoms with Crippen LogP contribution in [0, 0.1) is 5.82 Å². The molecule has 0 amide bonds. The third-order valence-corrected chi connectivity index (χ3v) is 2.96. The number of pyridine rings is 1. The molecule has 0 unspecified atom stereocenters. The summed E-state index contributed by atoms with van der Waals surface area (Å²) in [6.07, 6.45) is 0. The molecule has 2 heterocycles. The highest BCUT2D eigenvalue weighted by atomic mass is 35.5. The van der Waals surface area contributed by atoms with E-state index in [9.17, 15) is 9.50 Å². The average molecular weight is 263 g/mol. The van der Waals surface area contributed by atoms with Gasteiger partial charge in [0.25, 0.3) is 0 Å². The SMILES string of the molecule is Oc1cccc2c(Cl)nc(-c3cccc(F)c3)n12. The predicted octanol–water partition coefficient (Wildman–Crippen LogP) is 3.50. The number of hydrogen-bond acceptors (Lipinski definition) is 2. The predicted molar refractivity (Wildman–Crippen MR) is 67.3 cm³/mol. The van der Waals surface area contributed by atoms with E-state index in [4.69, 9.17) is 11.6 Å². The minimum absolute atomic E-state index is 0.00570. The standard InChI is InChI=1S/C13H8ClFN2O/c14-12-10-5-2-6-11(18)17(10)13(16-12)8-3-1-4-9(15)7-8/h1-7,18H. The van der Waals surface area contributed by atoms with Gasteiger partial charge in [0, 0.05) is 5.56 Å². The Hall–Kier alpha value is -2.07. The second-order valence-corrected chi connectivity index (χ2v) is 4.20. The van der Waals surface area contributed by atoms with Gasteiger partial charge in [0.2, 0.25) is 0 Å². The maximum atomic E-state index is 13.2. The third kappa shape index (κ3) is 1.62. The first-order valence-corrected chi connectivity index (χ1v) is 5.66. The average Bonchev–Trinajstić information content (AvgIpc) is 2.69.